The zero-order valence-corrected chi connectivity index (χ0v) is 19.0. The number of carbonyl (C=O) groups is 1. The fourth-order valence-corrected chi connectivity index (χ4v) is 4.92. The number of fused-ring (bicyclic) bond motifs is 2. The SMILES string of the molecule is CC(=O)c1ccc(-c2cccc3[nH]c(-c4n[nH]c5cnc(-c6cnc(C)n6C)cc45)nc23)s1. The van der Waals surface area contributed by atoms with Crippen LogP contribution in [0.15, 0.2) is 48.8 Å². The number of aryl methyl sites for hydroxylation is 1. The molecule has 0 saturated heterocycles. The van der Waals surface area contributed by atoms with Crippen molar-refractivity contribution in [1.82, 2.24) is 34.7 Å². The molecule has 9 heteroatoms. The summed E-state index contributed by atoms with van der Waals surface area (Å²) in [6.45, 7) is 3.55. The number of para-hydroxylation sites is 1. The van der Waals surface area contributed by atoms with Gasteiger partial charge in [0.05, 0.1) is 45.2 Å². The second-order valence-corrected chi connectivity index (χ2v) is 9.03. The standard InChI is InChI=1S/C24H19N7OS/c1-12(32)20-7-8-21(33-20)14-5-4-6-16-22(14)28-24(27-16)23-15-9-17(26-10-18(15)29-30-23)19-11-25-13(2)31(19)3/h4-11H,1-3H3,(H,27,28)(H,29,30). The van der Waals surface area contributed by atoms with Gasteiger partial charge in [-0.15, -0.1) is 11.3 Å². The van der Waals surface area contributed by atoms with Gasteiger partial charge in [-0.2, -0.15) is 5.10 Å². The number of Topliss-reactive ketones (excluding diaryl/α,β-unsaturated/α-hetero) is 1. The van der Waals surface area contributed by atoms with Crippen molar-refractivity contribution in [3.05, 3.63) is 59.5 Å². The van der Waals surface area contributed by atoms with Crippen molar-refractivity contribution in [2.24, 2.45) is 7.05 Å². The first-order valence-electron chi connectivity index (χ1n) is 10.4. The number of hydrogen-bond donors (Lipinski definition) is 2. The molecule has 33 heavy (non-hydrogen) atoms. The van der Waals surface area contributed by atoms with Gasteiger partial charge in [0, 0.05) is 22.9 Å². The van der Waals surface area contributed by atoms with Crippen molar-refractivity contribution in [3.63, 3.8) is 0 Å². The van der Waals surface area contributed by atoms with Crippen LogP contribution in [0.3, 0.4) is 0 Å². The van der Waals surface area contributed by atoms with E-state index < -0.39 is 0 Å². The summed E-state index contributed by atoms with van der Waals surface area (Å²) in [4.78, 5) is 30.8. The van der Waals surface area contributed by atoms with E-state index in [1.807, 2.05) is 61.1 Å². The average molecular weight is 454 g/mol. The summed E-state index contributed by atoms with van der Waals surface area (Å²) < 4.78 is 2.01. The summed E-state index contributed by atoms with van der Waals surface area (Å²) in [6, 6.07) is 11.9. The van der Waals surface area contributed by atoms with Crippen molar-refractivity contribution in [2.75, 3.05) is 0 Å². The Bertz CT molecular complexity index is 1680. The van der Waals surface area contributed by atoms with Crippen molar-refractivity contribution in [1.29, 1.82) is 0 Å². The minimum atomic E-state index is 0.0668. The van der Waals surface area contributed by atoms with Crippen LogP contribution in [0.25, 0.3) is 55.3 Å². The van der Waals surface area contributed by atoms with Crippen molar-refractivity contribution >= 4 is 39.1 Å². The third-order valence-corrected chi connectivity index (χ3v) is 7.10. The molecule has 1 aromatic carbocycles. The number of aromatic nitrogens is 7. The Morgan fingerprint density at radius 3 is 2.73 bits per heavy atom. The topological polar surface area (TPSA) is 105 Å². The molecule has 0 aliphatic heterocycles. The van der Waals surface area contributed by atoms with Crippen LogP contribution in [0.4, 0.5) is 0 Å². The van der Waals surface area contributed by atoms with Crippen molar-refractivity contribution in [3.8, 4) is 33.3 Å². The molecule has 2 N–H and O–H groups in total. The Labute approximate surface area is 192 Å². The Morgan fingerprint density at radius 1 is 1.09 bits per heavy atom. The van der Waals surface area contributed by atoms with Gasteiger partial charge in [-0.1, -0.05) is 12.1 Å². The van der Waals surface area contributed by atoms with Crippen molar-refractivity contribution in [2.45, 2.75) is 13.8 Å². The van der Waals surface area contributed by atoms with E-state index in [1.165, 1.54) is 11.3 Å². The summed E-state index contributed by atoms with van der Waals surface area (Å²) in [7, 11) is 1.97. The van der Waals surface area contributed by atoms with Gasteiger partial charge in [0.15, 0.2) is 11.6 Å². The van der Waals surface area contributed by atoms with E-state index in [4.69, 9.17) is 4.98 Å². The van der Waals surface area contributed by atoms with Gasteiger partial charge < -0.3 is 9.55 Å². The molecule has 0 saturated carbocycles. The summed E-state index contributed by atoms with van der Waals surface area (Å²) in [5, 5.41) is 8.52. The predicted molar refractivity (Wildman–Crippen MR) is 129 cm³/mol. The number of pyridine rings is 1. The first-order chi connectivity index (χ1) is 16.0. The lowest BCUT2D eigenvalue weighted by atomic mass is 10.1. The Morgan fingerprint density at radius 2 is 1.97 bits per heavy atom. The third kappa shape index (κ3) is 3.08. The first-order valence-corrected chi connectivity index (χ1v) is 11.2. The maximum absolute atomic E-state index is 11.8. The minimum Gasteiger partial charge on any atom is -0.337 e. The number of nitrogens with one attached hydrogen (secondary N) is 2. The van der Waals surface area contributed by atoms with Crippen LogP contribution in [0.2, 0.25) is 0 Å². The molecule has 8 nitrogen and oxygen atoms in total. The molecule has 0 aliphatic carbocycles. The molecule has 0 fully saturated rings. The average Bonchev–Trinajstić information content (AvgIpc) is 3.59. The van der Waals surface area contributed by atoms with E-state index in [1.54, 1.807) is 13.1 Å². The second kappa shape index (κ2) is 7.21. The van der Waals surface area contributed by atoms with Crippen LogP contribution >= 0.6 is 11.3 Å². The lowest BCUT2D eigenvalue weighted by molar-refractivity contribution is 0.102. The highest BCUT2D eigenvalue weighted by Gasteiger charge is 2.18. The molecular formula is C24H19N7OS. The summed E-state index contributed by atoms with van der Waals surface area (Å²) in [5.41, 5.74) is 6.06. The normalized spacial score (nSPS) is 11.6. The van der Waals surface area contributed by atoms with Gasteiger partial charge in [0.2, 0.25) is 0 Å². The molecule has 0 spiro atoms. The number of hydrogen-bond acceptors (Lipinski definition) is 6. The van der Waals surface area contributed by atoms with E-state index in [0.29, 0.717) is 5.82 Å². The third-order valence-electron chi connectivity index (χ3n) is 5.89. The number of aromatic amines is 2. The molecule has 5 heterocycles. The smallest absolute Gasteiger partial charge is 0.169 e. The highest BCUT2D eigenvalue weighted by Crippen LogP contribution is 2.35. The molecule has 6 rings (SSSR count). The van der Waals surface area contributed by atoms with Crippen LogP contribution in [0.1, 0.15) is 22.4 Å². The minimum absolute atomic E-state index is 0.0668. The number of benzene rings is 1. The number of carbonyl (C=O) groups excluding carboxylic acids is 1. The number of rotatable bonds is 4. The highest BCUT2D eigenvalue weighted by atomic mass is 32.1. The molecule has 0 atom stereocenters. The highest BCUT2D eigenvalue weighted by molar-refractivity contribution is 7.17. The largest absolute Gasteiger partial charge is 0.337 e. The maximum Gasteiger partial charge on any atom is 0.169 e. The molecule has 0 amide bonds. The molecule has 0 bridgehead atoms. The summed E-state index contributed by atoms with van der Waals surface area (Å²) in [6.07, 6.45) is 3.61. The van der Waals surface area contributed by atoms with Gasteiger partial charge in [-0.3, -0.25) is 14.9 Å². The predicted octanol–water partition coefficient (Wildman–Crippen LogP) is 5.14. The van der Waals surface area contributed by atoms with E-state index >= 15 is 0 Å². The Balaban J connectivity index is 1.49. The molecule has 6 aromatic rings. The van der Waals surface area contributed by atoms with E-state index in [-0.39, 0.29) is 5.78 Å². The van der Waals surface area contributed by atoms with Crippen LogP contribution in [-0.2, 0) is 7.05 Å². The molecule has 162 valence electrons. The fourth-order valence-electron chi connectivity index (χ4n) is 3.99. The summed E-state index contributed by atoms with van der Waals surface area (Å²) in [5.74, 6) is 1.66. The lowest BCUT2D eigenvalue weighted by Crippen LogP contribution is -1.95. The maximum atomic E-state index is 11.8. The van der Waals surface area contributed by atoms with E-state index in [2.05, 4.69) is 25.1 Å². The summed E-state index contributed by atoms with van der Waals surface area (Å²) >= 11 is 1.48. The van der Waals surface area contributed by atoms with Gasteiger partial charge in [-0.05, 0) is 38.1 Å². The van der Waals surface area contributed by atoms with Gasteiger partial charge >= 0.3 is 0 Å². The second-order valence-electron chi connectivity index (χ2n) is 7.94. The zero-order valence-electron chi connectivity index (χ0n) is 18.2. The first kappa shape index (κ1) is 19.6. The number of imidazole rings is 2. The quantitative estimate of drug-likeness (QED) is 0.360. The van der Waals surface area contributed by atoms with Crippen LogP contribution < -0.4 is 0 Å². The molecular weight excluding hydrogens is 434 g/mol. The van der Waals surface area contributed by atoms with Crippen molar-refractivity contribution < 1.29 is 4.79 Å². The number of thiophene rings is 1. The van der Waals surface area contributed by atoms with Gasteiger partial charge in [0.1, 0.15) is 11.5 Å². The number of H-pyrrole nitrogens is 2. The Hall–Kier alpha value is -4.11. The van der Waals surface area contributed by atoms with Gasteiger partial charge in [0.25, 0.3) is 0 Å². The molecule has 5 aromatic heterocycles. The lowest BCUT2D eigenvalue weighted by Gasteiger charge is -2.03. The van der Waals surface area contributed by atoms with Gasteiger partial charge in [-0.25, -0.2) is 9.97 Å². The zero-order chi connectivity index (χ0) is 22.7. The molecule has 0 unspecified atom stereocenters. The monoisotopic (exact) mass is 453 g/mol. The fraction of sp³-hybridized carbons (Fsp3) is 0.125. The Kier molecular flexibility index (Phi) is 4.27. The number of nitrogens with zero attached hydrogens (tertiary/aromatic N) is 5. The van der Waals surface area contributed by atoms with Crippen LogP contribution in [-0.4, -0.2) is 40.5 Å². The van der Waals surface area contributed by atoms with Crippen LogP contribution in [0, 0.1) is 6.92 Å². The molecule has 0 radical (unpaired) electrons. The number of ketones is 1. The van der Waals surface area contributed by atoms with Crippen LogP contribution in [0.5, 0.6) is 0 Å². The molecule has 0 aliphatic rings. The van der Waals surface area contributed by atoms with E-state index in [9.17, 15) is 4.79 Å². The van der Waals surface area contributed by atoms with E-state index in [0.717, 1.165) is 60.2 Å².